The third-order valence-corrected chi connectivity index (χ3v) is 3.45. The van der Waals surface area contributed by atoms with E-state index in [0.717, 1.165) is 12.0 Å². The molecule has 27 heavy (non-hydrogen) atoms. The molecule has 142 valence electrons. The van der Waals surface area contributed by atoms with Gasteiger partial charge >= 0.3 is 5.97 Å². The van der Waals surface area contributed by atoms with E-state index >= 15 is 0 Å². The maximum atomic E-state index is 12.1. The summed E-state index contributed by atoms with van der Waals surface area (Å²) in [6.45, 7) is 2.48. The highest BCUT2D eigenvalue weighted by atomic mass is 16.7. The SMILES string of the molecule is CCCOC(=O)c1cccc(NC(=O)/C=C/c2ccc(OCOC)cc2)c1. The first-order valence-electron chi connectivity index (χ1n) is 8.60. The zero-order valence-corrected chi connectivity index (χ0v) is 15.4. The lowest BCUT2D eigenvalue weighted by Crippen LogP contribution is -2.10. The van der Waals surface area contributed by atoms with Gasteiger partial charge in [-0.15, -0.1) is 0 Å². The van der Waals surface area contributed by atoms with Crippen molar-refractivity contribution < 1.29 is 23.8 Å². The monoisotopic (exact) mass is 369 g/mol. The fourth-order valence-corrected chi connectivity index (χ4v) is 2.16. The maximum absolute atomic E-state index is 12.1. The van der Waals surface area contributed by atoms with E-state index in [1.807, 2.05) is 19.1 Å². The predicted molar refractivity (Wildman–Crippen MR) is 104 cm³/mol. The van der Waals surface area contributed by atoms with Crippen LogP contribution in [0.3, 0.4) is 0 Å². The summed E-state index contributed by atoms with van der Waals surface area (Å²) in [4.78, 5) is 24.0. The molecular weight excluding hydrogens is 346 g/mol. The van der Waals surface area contributed by atoms with E-state index in [-0.39, 0.29) is 12.7 Å². The van der Waals surface area contributed by atoms with Crippen molar-refractivity contribution in [2.45, 2.75) is 13.3 Å². The fourth-order valence-electron chi connectivity index (χ4n) is 2.16. The van der Waals surface area contributed by atoms with Crippen LogP contribution < -0.4 is 10.1 Å². The van der Waals surface area contributed by atoms with Gasteiger partial charge in [-0.05, 0) is 48.4 Å². The zero-order chi connectivity index (χ0) is 19.5. The van der Waals surface area contributed by atoms with Gasteiger partial charge in [0.15, 0.2) is 6.79 Å². The topological polar surface area (TPSA) is 73.9 Å². The number of benzene rings is 2. The predicted octanol–water partition coefficient (Wildman–Crippen LogP) is 3.89. The number of nitrogens with one attached hydrogen (secondary N) is 1. The van der Waals surface area contributed by atoms with Crippen molar-refractivity contribution in [2.24, 2.45) is 0 Å². The van der Waals surface area contributed by atoms with E-state index in [0.29, 0.717) is 23.6 Å². The summed E-state index contributed by atoms with van der Waals surface area (Å²) in [6, 6.07) is 13.9. The number of carbonyl (C=O) groups is 2. The molecule has 0 saturated heterocycles. The third-order valence-electron chi connectivity index (χ3n) is 3.45. The summed E-state index contributed by atoms with van der Waals surface area (Å²) in [7, 11) is 1.56. The number of anilines is 1. The Morgan fingerprint density at radius 2 is 1.89 bits per heavy atom. The second-order valence-electron chi connectivity index (χ2n) is 5.66. The van der Waals surface area contributed by atoms with Gasteiger partial charge in [0.2, 0.25) is 5.91 Å². The third kappa shape index (κ3) is 6.95. The maximum Gasteiger partial charge on any atom is 0.338 e. The lowest BCUT2D eigenvalue weighted by atomic mass is 10.2. The van der Waals surface area contributed by atoms with Gasteiger partial charge in [0.05, 0.1) is 12.2 Å². The van der Waals surface area contributed by atoms with E-state index in [1.165, 1.54) is 6.08 Å². The van der Waals surface area contributed by atoms with Crippen LogP contribution in [0.1, 0.15) is 29.3 Å². The number of rotatable bonds is 9. The van der Waals surface area contributed by atoms with Crippen LogP contribution >= 0.6 is 0 Å². The van der Waals surface area contributed by atoms with Crippen LogP contribution in [-0.4, -0.2) is 32.4 Å². The normalized spacial score (nSPS) is 10.6. The van der Waals surface area contributed by atoms with Crippen molar-refractivity contribution >= 4 is 23.6 Å². The standard InChI is InChI=1S/C21H23NO5/c1-3-13-26-21(24)17-5-4-6-18(14-17)22-20(23)12-9-16-7-10-19(11-8-16)27-15-25-2/h4-12,14H,3,13,15H2,1-2H3,(H,22,23)/b12-9+. The molecule has 6 nitrogen and oxygen atoms in total. The van der Waals surface area contributed by atoms with Crippen LogP contribution in [0, 0.1) is 0 Å². The van der Waals surface area contributed by atoms with Gasteiger partial charge in [-0.1, -0.05) is 25.1 Å². The van der Waals surface area contributed by atoms with Crippen LogP contribution in [0.2, 0.25) is 0 Å². The molecule has 0 atom stereocenters. The lowest BCUT2D eigenvalue weighted by molar-refractivity contribution is -0.111. The first-order chi connectivity index (χ1) is 13.1. The van der Waals surface area contributed by atoms with Gasteiger partial charge in [-0.3, -0.25) is 4.79 Å². The number of esters is 1. The minimum atomic E-state index is -0.403. The number of amides is 1. The van der Waals surface area contributed by atoms with Gasteiger partial charge in [-0.2, -0.15) is 0 Å². The fraction of sp³-hybridized carbons (Fsp3) is 0.238. The first kappa shape index (κ1) is 20.2. The first-order valence-corrected chi connectivity index (χ1v) is 8.60. The molecule has 2 aromatic carbocycles. The molecule has 6 heteroatoms. The Bertz CT molecular complexity index is 783. The Balaban J connectivity index is 1.93. The molecule has 0 spiro atoms. The Morgan fingerprint density at radius 1 is 1.11 bits per heavy atom. The van der Waals surface area contributed by atoms with Crippen LogP contribution in [0.25, 0.3) is 6.08 Å². The van der Waals surface area contributed by atoms with Gasteiger partial charge in [0.1, 0.15) is 5.75 Å². The van der Waals surface area contributed by atoms with Crippen LogP contribution in [0.5, 0.6) is 5.75 Å². The Labute approximate surface area is 158 Å². The minimum Gasteiger partial charge on any atom is -0.468 e. The van der Waals surface area contributed by atoms with Crippen molar-refractivity contribution in [1.82, 2.24) is 0 Å². The smallest absolute Gasteiger partial charge is 0.338 e. The van der Waals surface area contributed by atoms with Crippen LogP contribution in [0.15, 0.2) is 54.6 Å². The summed E-state index contributed by atoms with van der Waals surface area (Å²) in [6.07, 6.45) is 3.87. The molecule has 0 aliphatic heterocycles. The largest absolute Gasteiger partial charge is 0.468 e. The summed E-state index contributed by atoms with van der Waals surface area (Å²) in [5.74, 6) is -0.0155. The molecule has 0 heterocycles. The molecule has 0 bridgehead atoms. The second-order valence-corrected chi connectivity index (χ2v) is 5.66. The van der Waals surface area contributed by atoms with E-state index < -0.39 is 5.97 Å². The molecule has 0 aliphatic carbocycles. The molecule has 0 aromatic heterocycles. The van der Waals surface area contributed by atoms with Crippen molar-refractivity contribution in [3.8, 4) is 5.75 Å². The Morgan fingerprint density at radius 3 is 2.59 bits per heavy atom. The van der Waals surface area contributed by atoms with E-state index in [4.69, 9.17) is 14.2 Å². The highest BCUT2D eigenvalue weighted by Crippen LogP contribution is 2.14. The summed E-state index contributed by atoms with van der Waals surface area (Å²) < 4.78 is 15.2. The highest BCUT2D eigenvalue weighted by Gasteiger charge is 2.08. The van der Waals surface area contributed by atoms with Gasteiger partial charge in [0.25, 0.3) is 0 Å². The van der Waals surface area contributed by atoms with Crippen LogP contribution in [-0.2, 0) is 14.3 Å². The quantitative estimate of drug-likeness (QED) is 0.412. The summed E-state index contributed by atoms with van der Waals surface area (Å²) >= 11 is 0. The van der Waals surface area contributed by atoms with E-state index in [9.17, 15) is 9.59 Å². The van der Waals surface area contributed by atoms with E-state index in [1.54, 1.807) is 49.6 Å². The minimum absolute atomic E-state index is 0.183. The molecule has 2 rings (SSSR count). The summed E-state index contributed by atoms with van der Waals surface area (Å²) in [5, 5.41) is 2.73. The molecule has 0 fully saturated rings. The number of hydrogen-bond acceptors (Lipinski definition) is 5. The van der Waals surface area contributed by atoms with Gasteiger partial charge in [0, 0.05) is 18.9 Å². The van der Waals surface area contributed by atoms with Crippen molar-refractivity contribution in [1.29, 1.82) is 0 Å². The Kier molecular flexibility index (Phi) is 8.06. The molecule has 0 aliphatic rings. The molecule has 0 radical (unpaired) electrons. The van der Waals surface area contributed by atoms with Crippen molar-refractivity contribution in [3.05, 3.63) is 65.7 Å². The molecule has 1 amide bonds. The zero-order valence-electron chi connectivity index (χ0n) is 15.4. The average Bonchev–Trinajstić information content (AvgIpc) is 2.70. The molecule has 0 saturated carbocycles. The molecule has 2 aromatic rings. The lowest BCUT2D eigenvalue weighted by Gasteiger charge is -2.06. The average molecular weight is 369 g/mol. The van der Waals surface area contributed by atoms with E-state index in [2.05, 4.69) is 5.32 Å². The molecule has 1 N–H and O–H groups in total. The number of ether oxygens (including phenoxy) is 3. The van der Waals surface area contributed by atoms with Crippen molar-refractivity contribution in [2.75, 3.05) is 25.8 Å². The summed E-state index contributed by atoms with van der Waals surface area (Å²) in [5.41, 5.74) is 1.78. The van der Waals surface area contributed by atoms with Crippen LogP contribution in [0.4, 0.5) is 5.69 Å². The van der Waals surface area contributed by atoms with Crippen molar-refractivity contribution in [3.63, 3.8) is 0 Å². The van der Waals surface area contributed by atoms with Gasteiger partial charge in [-0.25, -0.2) is 4.79 Å². The number of methoxy groups -OCH3 is 1. The highest BCUT2D eigenvalue weighted by molar-refractivity contribution is 6.02. The molecular formula is C21H23NO5. The second kappa shape index (κ2) is 10.8. The Hall–Kier alpha value is -3.12. The number of hydrogen-bond donors (Lipinski definition) is 1. The van der Waals surface area contributed by atoms with Gasteiger partial charge < -0.3 is 19.5 Å². The number of carbonyl (C=O) groups excluding carboxylic acids is 2. The molecule has 0 unspecified atom stereocenters.